The van der Waals surface area contributed by atoms with Gasteiger partial charge in [-0.25, -0.2) is 0 Å². The van der Waals surface area contributed by atoms with Gasteiger partial charge in [0.2, 0.25) is 5.28 Å². The molecule has 2 N–H and O–H groups in total. The van der Waals surface area contributed by atoms with Gasteiger partial charge in [-0.3, -0.25) is 5.32 Å². The van der Waals surface area contributed by atoms with Gasteiger partial charge in [0.1, 0.15) is 0 Å². The summed E-state index contributed by atoms with van der Waals surface area (Å²) >= 11 is 0. The predicted octanol–water partition coefficient (Wildman–Crippen LogP) is 1.60. The second-order valence-corrected chi connectivity index (χ2v) is 4.52. The molecule has 0 saturated heterocycles. The average Bonchev–Trinajstić information content (AvgIpc) is 2.05. The van der Waals surface area contributed by atoms with Crippen molar-refractivity contribution in [2.24, 2.45) is 0 Å². The van der Waals surface area contributed by atoms with E-state index in [9.17, 15) is 4.57 Å². The van der Waals surface area contributed by atoms with Crippen LogP contribution in [0.3, 0.4) is 0 Å². The topological polar surface area (TPSA) is 49.3 Å². The molecule has 0 radical (unpaired) electrons. The van der Waals surface area contributed by atoms with Crippen molar-refractivity contribution in [1.29, 1.82) is 0 Å². The first-order valence-electron chi connectivity index (χ1n) is 4.06. The first-order valence-corrected chi connectivity index (χ1v) is 5.28. The Morgan fingerprint density at radius 2 is 1.91 bits per heavy atom. The summed E-state index contributed by atoms with van der Waals surface area (Å²) in [5.74, 6) is 0. The van der Waals surface area contributed by atoms with E-state index in [1.807, 2.05) is 0 Å². The first-order chi connectivity index (χ1) is 5.21. The van der Waals surface area contributed by atoms with Crippen LogP contribution in [0.1, 0.15) is 32.1 Å². The van der Waals surface area contributed by atoms with E-state index in [2.05, 4.69) is 5.32 Å². The van der Waals surface area contributed by atoms with E-state index >= 15 is 0 Å². The van der Waals surface area contributed by atoms with Crippen molar-refractivity contribution in [3.05, 3.63) is 0 Å². The summed E-state index contributed by atoms with van der Waals surface area (Å²) in [5, 5.41) is 2.52. The smallest absolute Gasteiger partial charge is 0.272 e. The van der Waals surface area contributed by atoms with E-state index in [1.54, 1.807) is 7.05 Å². The van der Waals surface area contributed by atoms with Crippen molar-refractivity contribution in [2.75, 3.05) is 7.05 Å². The van der Waals surface area contributed by atoms with Crippen LogP contribution in [0.15, 0.2) is 0 Å². The molecule has 0 aliphatic heterocycles. The molecule has 64 valence electrons. The van der Waals surface area contributed by atoms with Gasteiger partial charge in [-0.1, -0.05) is 6.42 Å². The molecule has 1 saturated carbocycles. The lowest BCUT2D eigenvalue weighted by atomic mass is 9.95. The minimum absolute atomic E-state index is 0.465. The maximum Gasteiger partial charge on any atom is 0.527 e. The largest absolute Gasteiger partial charge is 0.527 e. The summed E-state index contributed by atoms with van der Waals surface area (Å²) in [6, 6.07) is 0. The summed E-state index contributed by atoms with van der Waals surface area (Å²) in [5.41, 5.74) is 0. The molecule has 3 nitrogen and oxygen atoms in total. The molecule has 1 atom stereocenters. The van der Waals surface area contributed by atoms with Gasteiger partial charge in [-0.2, -0.15) is 4.89 Å². The normalized spacial score (nSPS) is 24.7. The maximum absolute atomic E-state index is 11.0. The van der Waals surface area contributed by atoms with Crippen LogP contribution in [0, 0.1) is 0 Å². The monoisotopic (exact) mass is 176 g/mol. The van der Waals surface area contributed by atoms with E-state index < -0.39 is 13.3 Å². The fourth-order valence-electron chi connectivity index (χ4n) is 1.67. The number of rotatable bonds is 2. The molecule has 1 fully saturated rings. The molecule has 1 unspecified atom stereocenters. The molecule has 0 spiro atoms. The molecule has 1 aliphatic rings. The number of hydrogen-bond acceptors (Lipinski definition) is 2. The highest BCUT2D eigenvalue weighted by Gasteiger charge is 2.48. The Hall–Kier alpha value is 0.0200. The molecular weight excluding hydrogens is 161 g/mol. The van der Waals surface area contributed by atoms with Crippen LogP contribution in [-0.2, 0) is 4.57 Å². The Balaban J connectivity index is 2.64. The number of hydrogen-bond donors (Lipinski definition) is 2. The van der Waals surface area contributed by atoms with E-state index in [1.165, 1.54) is 6.42 Å². The second-order valence-electron chi connectivity index (χ2n) is 3.12. The Morgan fingerprint density at radius 3 is 2.18 bits per heavy atom. The van der Waals surface area contributed by atoms with Crippen LogP contribution < -0.4 is 5.32 Å². The zero-order valence-corrected chi connectivity index (χ0v) is 7.73. The van der Waals surface area contributed by atoms with Crippen LogP contribution in [0.25, 0.3) is 0 Å². The molecule has 0 aromatic carbocycles. The average molecular weight is 176 g/mol. The van der Waals surface area contributed by atoms with Crippen LogP contribution >= 0.6 is 8.03 Å². The minimum atomic E-state index is -2.06. The van der Waals surface area contributed by atoms with Crippen molar-refractivity contribution in [3.63, 3.8) is 0 Å². The van der Waals surface area contributed by atoms with Gasteiger partial charge >= 0.3 is 8.03 Å². The fraction of sp³-hybridized carbons (Fsp3) is 1.00. The lowest BCUT2D eigenvalue weighted by Crippen LogP contribution is -2.40. The van der Waals surface area contributed by atoms with Gasteiger partial charge in [0.25, 0.3) is 0 Å². The Labute approximate surface area is 68.1 Å². The minimum Gasteiger partial charge on any atom is -0.272 e. The molecular formula is C7H15NO2P+. The van der Waals surface area contributed by atoms with Gasteiger partial charge < -0.3 is 0 Å². The highest BCUT2D eigenvalue weighted by Crippen LogP contribution is 2.43. The third-order valence-electron chi connectivity index (χ3n) is 2.51. The SMILES string of the molecule is CNC1([P+](=O)O)CCCCC1. The molecule has 4 heteroatoms. The predicted molar refractivity (Wildman–Crippen MR) is 44.7 cm³/mol. The Morgan fingerprint density at radius 1 is 1.36 bits per heavy atom. The second kappa shape index (κ2) is 3.61. The lowest BCUT2D eigenvalue weighted by Gasteiger charge is -2.24. The van der Waals surface area contributed by atoms with Crippen LogP contribution in [0.5, 0.6) is 0 Å². The van der Waals surface area contributed by atoms with Crippen LogP contribution in [0.2, 0.25) is 0 Å². The van der Waals surface area contributed by atoms with Crippen LogP contribution in [0.4, 0.5) is 0 Å². The molecule has 1 aliphatic carbocycles. The maximum atomic E-state index is 11.0. The summed E-state index contributed by atoms with van der Waals surface area (Å²) in [6.45, 7) is 0. The van der Waals surface area contributed by atoms with Gasteiger partial charge in [0.15, 0.2) is 0 Å². The summed E-state index contributed by atoms with van der Waals surface area (Å²) < 4.78 is 11.0. The van der Waals surface area contributed by atoms with E-state index in [0.717, 1.165) is 25.7 Å². The molecule has 0 heterocycles. The molecule has 0 amide bonds. The lowest BCUT2D eigenvalue weighted by molar-refractivity contribution is 0.315. The zero-order valence-electron chi connectivity index (χ0n) is 6.84. The number of nitrogens with one attached hydrogen (secondary N) is 1. The van der Waals surface area contributed by atoms with Crippen molar-refractivity contribution in [2.45, 2.75) is 37.4 Å². The zero-order chi connectivity index (χ0) is 8.32. The third kappa shape index (κ3) is 1.78. The molecule has 11 heavy (non-hydrogen) atoms. The van der Waals surface area contributed by atoms with Gasteiger partial charge in [-0.15, -0.1) is 0 Å². The first kappa shape index (κ1) is 9.11. The van der Waals surface area contributed by atoms with Crippen molar-refractivity contribution >= 4 is 8.03 Å². The van der Waals surface area contributed by atoms with E-state index in [-0.39, 0.29) is 0 Å². The van der Waals surface area contributed by atoms with Crippen molar-refractivity contribution in [1.82, 2.24) is 5.32 Å². The Kier molecular flexibility index (Phi) is 2.99. The highest BCUT2D eigenvalue weighted by atomic mass is 31.1. The van der Waals surface area contributed by atoms with E-state index in [4.69, 9.17) is 4.89 Å². The van der Waals surface area contributed by atoms with Crippen molar-refractivity contribution in [3.8, 4) is 0 Å². The molecule has 1 rings (SSSR count). The molecule has 0 bridgehead atoms. The highest BCUT2D eigenvalue weighted by molar-refractivity contribution is 7.40. The Bertz CT molecular complexity index is 155. The summed E-state index contributed by atoms with van der Waals surface area (Å²) in [7, 11) is -0.292. The van der Waals surface area contributed by atoms with Gasteiger partial charge in [0.05, 0.1) is 0 Å². The van der Waals surface area contributed by atoms with E-state index in [0.29, 0.717) is 0 Å². The van der Waals surface area contributed by atoms with Gasteiger partial charge in [-0.05, 0) is 24.5 Å². The molecule has 0 aromatic rings. The third-order valence-corrected chi connectivity index (χ3v) is 3.92. The quantitative estimate of drug-likeness (QED) is 0.628. The van der Waals surface area contributed by atoms with Crippen molar-refractivity contribution < 1.29 is 9.46 Å². The summed E-state index contributed by atoms with van der Waals surface area (Å²) in [4.78, 5) is 9.07. The van der Waals surface area contributed by atoms with Crippen LogP contribution in [-0.4, -0.2) is 17.2 Å². The molecule has 0 aromatic heterocycles. The fourth-order valence-corrected chi connectivity index (χ4v) is 2.56. The standard InChI is InChI=1S/C7H14NO2P/c1-8-7(11(9)10)5-3-2-4-6-7/h8H,2-6H2,1H3/p+1. The van der Waals surface area contributed by atoms with Gasteiger partial charge in [0, 0.05) is 12.8 Å². The summed E-state index contributed by atoms with van der Waals surface area (Å²) in [6.07, 6.45) is 5.03.